The summed E-state index contributed by atoms with van der Waals surface area (Å²) in [5, 5.41) is -0.614. The van der Waals surface area contributed by atoms with Crippen LogP contribution in [0.4, 0.5) is 0 Å². The van der Waals surface area contributed by atoms with Crippen molar-refractivity contribution in [2.75, 3.05) is 26.4 Å². The maximum absolute atomic E-state index is 11.2. The van der Waals surface area contributed by atoms with Crippen LogP contribution in [0.3, 0.4) is 0 Å². The van der Waals surface area contributed by atoms with E-state index in [0.29, 0.717) is 11.0 Å². The Bertz CT molecular complexity index is 391. The highest BCUT2D eigenvalue weighted by Crippen LogP contribution is 2.31. The summed E-state index contributed by atoms with van der Waals surface area (Å²) < 4.78 is 51.4. The molecule has 0 aromatic carbocycles. The molecule has 6 nitrogen and oxygen atoms in total. The molecule has 96 valence electrons. The van der Waals surface area contributed by atoms with Gasteiger partial charge >= 0.3 is 0 Å². The third-order valence-electron chi connectivity index (χ3n) is 3.41. The molecule has 0 bridgehead atoms. The van der Waals surface area contributed by atoms with Gasteiger partial charge in [-0.15, -0.1) is 0 Å². The van der Waals surface area contributed by atoms with Crippen LogP contribution in [0.1, 0.15) is 6.92 Å². The molecule has 4 unspecified atom stereocenters. The number of hydrogen-bond acceptors (Lipinski definition) is 3. The van der Waals surface area contributed by atoms with E-state index < -0.39 is 38.1 Å². The van der Waals surface area contributed by atoms with Crippen molar-refractivity contribution in [1.82, 2.24) is 0 Å². The van der Waals surface area contributed by atoms with Crippen molar-refractivity contribution in [3.63, 3.8) is 0 Å². The average molecular weight is 272 g/mol. The van der Waals surface area contributed by atoms with Gasteiger partial charge < -0.3 is 9.04 Å². The fraction of sp³-hybridized carbons (Fsp3) is 1.00. The minimum atomic E-state index is -4.10. The molecule has 1 heterocycles. The fourth-order valence-corrected chi connectivity index (χ4v) is 4.57. The summed E-state index contributed by atoms with van der Waals surface area (Å²) in [5.41, 5.74) is 0. The van der Waals surface area contributed by atoms with E-state index in [1.807, 2.05) is 21.0 Å². The van der Waals surface area contributed by atoms with Gasteiger partial charge in [0.1, 0.15) is 11.3 Å². The molecular formula is C8H18NO5S2+. The standard InChI is InChI=1S/C8H17NO5S2/c1-6-8(15(10)11)7(4-9(6,2)3)5-16(12,13)14/h6-8H,4-5H2,1-3H3,(H-,10,11,12,13,14)/p+1. The van der Waals surface area contributed by atoms with Crippen molar-refractivity contribution in [2.24, 2.45) is 5.92 Å². The van der Waals surface area contributed by atoms with Crippen molar-refractivity contribution in [1.29, 1.82) is 0 Å². The molecule has 0 aromatic rings. The molecule has 1 fully saturated rings. The maximum atomic E-state index is 11.2. The molecule has 0 aliphatic carbocycles. The normalized spacial score (nSPS) is 36.2. The van der Waals surface area contributed by atoms with Crippen LogP contribution in [-0.2, 0) is 21.2 Å². The van der Waals surface area contributed by atoms with Gasteiger partial charge in [0.25, 0.3) is 10.1 Å². The Morgan fingerprint density at radius 3 is 2.31 bits per heavy atom. The fourth-order valence-electron chi connectivity index (χ4n) is 2.42. The van der Waals surface area contributed by atoms with E-state index in [4.69, 9.17) is 4.55 Å². The summed E-state index contributed by atoms with van der Waals surface area (Å²) in [4.78, 5) is 0. The molecule has 4 atom stereocenters. The molecular weight excluding hydrogens is 254 g/mol. The Kier molecular flexibility index (Phi) is 3.81. The zero-order chi connectivity index (χ0) is 12.7. The van der Waals surface area contributed by atoms with E-state index in [1.54, 1.807) is 0 Å². The van der Waals surface area contributed by atoms with Crippen molar-refractivity contribution in [3.05, 3.63) is 0 Å². The summed E-state index contributed by atoms with van der Waals surface area (Å²) in [6.07, 6.45) is 0. The van der Waals surface area contributed by atoms with Gasteiger partial charge in [-0.25, -0.2) is 4.21 Å². The predicted molar refractivity (Wildman–Crippen MR) is 60.9 cm³/mol. The largest absolute Gasteiger partial charge is 0.325 e. The second-order valence-electron chi connectivity index (χ2n) is 4.95. The van der Waals surface area contributed by atoms with E-state index in [-0.39, 0.29) is 6.04 Å². The van der Waals surface area contributed by atoms with Gasteiger partial charge in [-0.1, -0.05) is 0 Å². The summed E-state index contributed by atoms with van der Waals surface area (Å²) in [6, 6.07) is -0.113. The van der Waals surface area contributed by atoms with Gasteiger partial charge in [0.15, 0.2) is 11.1 Å². The predicted octanol–water partition coefficient (Wildman–Crippen LogP) is -0.441. The Hall–Kier alpha value is -0.0200. The van der Waals surface area contributed by atoms with E-state index in [9.17, 15) is 17.2 Å². The van der Waals surface area contributed by atoms with Gasteiger partial charge in [-0.3, -0.25) is 4.55 Å². The van der Waals surface area contributed by atoms with Crippen LogP contribution in [0.2, 0.25) is 0 Å². The van der Waals surface area contributed by atoms with Crippen LogP contribution < -0.4 is 0 Å². The minimum Gasteiger partial charge on any atom is -0.325 e. The van der Waals surface area contributed by atoms with Crippen molar-refractivity contribution >= 4 is 21.2 Å². The molecule has 0 spiro atoms. The highest BCUT2D eigenvalue weighted by molar-refractivity contribution is 7.85. The lowest BCUT2D eigenvalue weighted by Crippen LogP contribution is -2.46. The summed E-state index contributed by atoms with van der Waals surface area (Å²) in [6.45, 7) is 2.29. The lowest BCUT2D eigenvalue weighted by atomic mass is 10.1. The molecule has 2 N–H and O–H groups in total. The summed E-state index contributed by atoms with van der Waals surface area (Å²) in [7, 11) is -0.336. The van der Waals surface area contributed by atoms with Gasteiger partial charge in [-0.2, -0.15) is 8.42 Å². The third kappa shape index (κ3) is 3.01. The lowest BCUT2D eigenvalue weighted by Gasteiger charge is -2.30. The maximum Gasteiger partial charge on any atom is 0.265 e. The SMILES string of the molecule is CC1C(S(=O)O)C(CS(=O)(=O)O)C[N+]1(C)C. The molecule has 8 heteroatoms. The molecule has 1 rings (SSSR count). The Labute approximate surface area is 98.3 Å². The van der Waals surface area contributed by atoms with E-state index in [2.05, 4.69) is 0 Å². The second kappa shape index (κ2) is 4.34. The molecule has 0 saturated carbocycles. The first-order valence-electron chi connectivity index (χ1n) is 4.92. The van der Waals surface area contributed by atoms with Crippen LogP contribution in [0.15, 0.2) is 0 Å². The smallest absolute Gasteiger partial charge is 0.265 e. The van der Waals surface area contributed by atoms with Gasteiger partial charge in [0.2, 0.25) is 0 Å². The summed E-state index contributed by atoms with van der Waals surface area (Å²) in [5.74, 6) is -0.929. The van der Waals surface area contributed by atoms with Crippen molar-refractivity contribution < 1.29 is 26.2 Å². The highest BCUT2D eigenvalue weighted by atomic mass is 32.2. The molecule has 1 aliphatic heterocycles. The monoisotopic (exact) mass is 272 g/mol. The Balaban J connectivity index is 2.97. The quantitative estimate of drug-likeness (QED) is 0.413. The Morgan fingerprint density at radius 1 is 1.44 bits per heavy atom. The van der Waals surface area contributed by atoms with E-state index >= 15 is 0 Å². The first-order chi connectivity index (χ1) is 7.04. The molecule has 1 saturated heterocycles. The van der Waals surface area contributed by atoms with Crippen molar-refractivity contribution in [2.45, 2.75) is 18.2 Å². The zero-order valence-electron chi connectivity index (χ0n) is 9.53. The highest BCUT2D eigenvalue weighted by Gasteiger charge is 2.51. The number of likely N-dealkylation sites (tertiary alicyclic amines) is 1. The molecule has 16 heavy (non-hydrogen) atoms. The zero-order valence-corrected chi connectivity index (χ0v) is 11.2. The van der Waals surface area contributed by atoms with Crippen LogP contribution in [0, 0.1) is 5.92 Å². The van der Waals surface area contributed by atoms with Crippen LogP contribution in [0.25, 0.3) is 0 Å². The Morgan fingerprint density at radius 2 is 1.94 bits per heavy atom. The van der Waals surface area contributed by atoms with Crippen LogP contribution in [0.5, 0.6) is 0 Å². The second-order valence-corrected chi connectivity index (χ2v) is 7.55. The number of nitrogens with zero attached hydrogens (tertiary/aromatic N) is 1. The van der Waals surface area contributed by atoms with E-state index in [1.165, 1.54) is 0 Å². The molecule has 1 aliphatic rings. The lowest BCUT2D eigenvalue weighted by molar-refractivity contribution is -0.900. The molecule has 0 amide bonds. The summed E-state index contributed by atoms with van der Waals surface area (Å²) >= 11 is -2.07. The molecule has 0 aromatic heterocycles. The average Bonchev–Trinajstić information content (AvgIpc) is 2.18. The van der Waals surface area contributed by atoms with Gasteiger partial charge in [-0.05, 0) is 6.92 Å². The number of quaternary nitrogens is 1. The molecule has 0 radical (unpaired) electrons. The first-order valence-corrected chi connectivity index (χ1v) is 7.70. The minimum absolute atomic E-state index is 0.113. The van der Waals surface area contributed by atoms with E-state index in [0.717, 1.165) is 0 Å². The topological polar surface area (TPSA) is 91.7 Å². The van der Waals surface area contributed by atoms with Gasteiger partial charge in [0, 0.05) is 5.92 Å². The van der Waals surface area contributed by atoms with Crippen molar-refractivity contribution in [3.8, 4) is 0 Å². The number of rotatable bonds is 3. The van der Waals surface area contributed by atoms with Gasteiger partial charge in [0.05, 0.1) is 26.4 Å². The third-order valence-corrected chi connectivity index (χ3v) is 5.50. The number of hydrogen-bond donors (Lipinski definition) is 2. The van der Waals surface area contributed by atoms with Crippen LogP contribution in [-0.4, -0.2) is 63.9 Å². The van der Waals surface area contributed by atoms with Crippen LogP contribution >= 0.6 is 0 Å². The first kappa shape index (κ1) is 14.0.